The number of piperidine rings is 1. The van der Waals surface area contributed by atoms with E-state index >= 15 is 0 Å². The average molecular weight is 317 g/mol. The van der Waals surface area contributed by atoms with Gasteiger partial charge < -0.3 is 9.47 Å². The summed E-state index contributed by atoms with van der Waals surface area (Å²) in [5.41, 5.74) is 0. The molecular formula is C19H31N3O. The van der Waals surface area contributed by atoms with Gasteiger partial charge in [-0.1, -0.05) is 32.6 Å². The third-order valence-electron chi connectivity index (χ3n) is 5.63. The van der Waals surface area contributed by atoms with E-state index in [4.69, 9.17) is 0 Å². The van der Waals surface area contributed by atoms with Crippen molar-refractivity contribution in [2.24, 2.45) is 5.92 Å². The number of amides is 1. The van der Waals surface area contributed by atoms with Crippen LogP contribution in [0, 0.1) is 5.92 Å². The van der Waals surface area contributed by atoms with Gasteiger partial charge in [-0.15, -0.1) is 0 Å². The van der Waals surface area contributed by atoms with Gasteiger partial charge in [-0.2, -0.15) is 0 Å². The van der Waals surface area contributed by atoms with E-state index in [1.807, 2.05) is 6.20 Å². The van der Waals surface area contributed by atoms with Crippen molar-refractivity contribution in [2.45, 2.75) is 77.2 Å². The Morgan fingerprint density at radius 1 is 1.17 bits per heavy atom. The molecule has 2 fully saturated rings. The van der Waals surface area contributed by atoms with Gasteiger partial charge in [-0.3, -0.25) is 4.79 Å². The number of carbonyl (C=O) groups is 1. The van der Waals surface area contributed by atoms with Crippen LogP contribution >= 0.6 is 0 Å². The zero-order valence-electron chi connectivity index (χ0n) is 14.5. The molecule has 0 atom stereocenters. The maximum absolute atomic E-state index is 12.7. The average Bonchev–Trinajstić information content (AvgIpc) is 3.08. The van der Waals surface area contributed by atoms with Gasteiger partial charge in [0.15, 0.2) is 0 Å². The summed E-state index contributed by atoms with van der Waals surface area (Å²) in [6.07, 6.45) is 14.6. The van der Waals surface area contributed by atoms with E-state index in [-0.39, 0.29) is 0 Å². The molecule has 0 bridgehead atoms. The van der Waals surface area contributed by atoms with Crippen molar-refractivity contribution < 1.29 is 4.79 Å². The maximum Gasteiger partial charge on any atom is 0.225 e. The van der Waals surface area contributed by atoms with E-state index in [9.17, 15) is 4.79 Å². The van der Waals surface area contributed by atoms with E-state index in [2.05, 4.69) is 27.6 Å². The first-order valence-electron chi connectivity index (χ1n) is 9.59. The van der Waals surface area contributed by atoms with Gasteiger partial charge in [-0.25, -0.2) is 4.98 Å². The van der Waals surface area contributed by atoms with Crippen LogP contribution in [-0.2, 0) is 11.3 Å². The molecule has 23 heavy (non-hydrogen) atoms. The minimum Gasteiger partial charge on any atom is -0.342 e. The Morgan fingerprint density at radius 2 is 1.91 bits per heavy atom. The third kappa shape index (κ3) is 3.96. The Balaban J connectivity index is 1.54. The van der Waals surface area contributed by atoms with Crippen LogP contribution in [0.25, 0.3) is 0 Å². The van der Waals surface area contributed by atoms with E-state index in [0.717, 1.165) is 45.3 Å². The summed E-state index contributed by atoms with van der Waals surface area (Å²) in [6, 6.07) is 0. The van der Waals surface area contributed by atoms with Gasteiger partial charge in [0.2, 0.25) is 5.91 Å². The highest BCUT2D eigenvalue weighted by Gasteiger charge is 2.30. The zero-order valence-corrected chi connectivity index (χ0v) is 14.5. The molecule has 1 aromatic heterocycles. The van der Waals surface area contributed by atoms with Crippen LogP contribution in [0.15, 0.2) is 12.4 Å². The minimum atomic E-state index is 0.312. The number of rotatable bonds is 5. The van der Waals surface area contributed by atoms with Crippen molar-refractivity contribution >= 4 is 5.91 Å². The van der Waals surface area contributed by atoms with Crippen molar-refractivity contribution in [3.05, 3.63) is 18.2 Å². The van der Waals surface area contributed by atoms with Crippen LogP contribution < -0.4 is 0 Å². The molecule has 2 aliphatic rings. The molecule has 2 heterocycles. The lowest BCUT2D eigenvalue weighted by Crippen LogP contribution is -2.42. The number of imidazole rings is 1. The van der Waals surface area contributed by atoms with Gasteiger partial charge in [0, 0.05) is 43.9 Å². The third-order valence-corrected chi connectivity index (χ3v) is 5.63. The second-order valence-electron chi connectivity index (χ2n) is 7.27. The molecule has 0 radical (unpaired) electrons. The lowest BCUT2D eigenvalue weighted by molar-refractivity contribution is -0.137. The molecule has 1 saturated carbocycles. The summed E-state index contributed by atoms with van der Waals surface area (Å²) in [6.45, 7) is 5.14. The van der Waals surface area contributed by atoms with Gasteiger partial charge in [0.05, 0.1) is 0 Å². The Morgan fingerprint density at radius 3 is 2.61 bits per heavy atom. The number of likely N-dealkylation sites (tertiary alicyclic amines) is 1. The van der Waals surface area contributed by atoms with Crippen molar-refractivity contribution in [1.29, 1.82) is 0 Å². The fourth-order valence-electron chi connectivity index (χ4n) is 4.16. The lowest BCUT2D eigenvalue weighted by Gasteiger charge is -2.35. The number of nitrogens with zero attached hydrogens (tertiary/aromatic N) is 3. The normalized spacial score (nSPS) is 20.8. The van der Waals surface area contributed by atoms with Crippen LogP contribution in [0.3, 0.4) is 0 Å². The molecule has 0 unspecified atom stereocenters. The molecule has 1 saturated heterocycles. The molecular weight excluding hydrogens is 286 g/mol. The smallest absolute Gasteiger partial charge is 0.225 e. The van der Waals surface area contributed by atoms with Gasteiger partial charge in [0.25, 0.3) is 0 Å². The molecule has 0 N–H and O–H groups in total. The number of hydrogen-bond donors (Lipinski definition) is 0. The molecule has 1 aromatic rings. The fraction of sp³-hybridized carbons (Fsp3) is 0.789. The molecule has 1 aliphatic heterocycles. The number of carbonyl (C=O) groups excluding carboxylic acids is 1. The molecule has 0 spiro atoms. The Kier molecular flexibility index (Phi) is 5.74. The number of hydrogen-bond acceptors (Lipinski definition) is 2. The van der Waals surface area contributed by atoms with Crippen LogP contribution in [0.2, 0.25) is 0 Å². The highest BCUT2D eigenvalue weighted by molar-refractivity contribution is 5.79. The summed E-state index contributed by atoms with van der Waals surface area (Å²) >= 11 is 0. The predicted molar refractivity (Wildman–Crippen MR) is 92.3 cm³/mol. The number of aryl methyl sites for hydroxylation is 1. The molecule has 128 valence electrons. The lowest BCUT2D eigenvalue weighted by atomic mass is 9.87. The molecule has 4 heteroatoms. The standard InChI is InChI=1S/C19H31N3O/c1-2-3-12-21-15-11-20-18(21)16-9-13-22(14-10-16)19(23)17-7-5-4-6-8-17/h11,15-17H,2-10,12-14H2,1H3. The Hall–Kier alpha value is -1.32. The molecule has 3 rings (SSSR count). The summed E-state index contributed by atoms with van der Waals surface area (Å²) in [5.74, 6) is 2.50. The molecule has 0 aromatic carbocycles. The number of aromatic nitrogens is 2. The van der Waals surface area contributed by atoms with E-state index in [1.54, 1.807) is 0 Å². The van der Waals surface area contributed by atoms with E-state index < -0.39 is 0 Å². The van der Waals surface area contributed by atoms with Crippen molar-refractivity contribution in [1.82, 2.24) is 14.5 Å². The SMILES string of the molecule is CCCCn1ccnc1C1CCN(C(=O)C2CCCCC2)CC1. The van der Waals surface area contributed by atoms with Crippen molar-refractivity contribution in [3.63, 3.8) is 0 Å². The Bertz CT molecular complexity index is 496. The molecule has 1 aliphatic carbocycles. The quantitative estimate of drug-likeness (QED) is 0.824. The molecule has 4 nitrogen and oxygen atoms in total. The Labute approximate surface area is 140 Å². The summed E-state index contributed by atoms with van der Waals surface area (Å²) < 4.78 is 2.33. The second kappa shape index (κ2) is 7.98. The number of unbranched alkanes of at least 4 members (excludes halogenated alkanes) is 1. The highest BCUT2D eigenvalue weighted by Crippen LogP contribution is 2.30. The summed E-state index contributed by atoms with van der Waals surface area (Å²) in [5, 5.41) is 0. The van der Waals surface area contributed by atoms with Crippen LogP contribution in [0.4, 0.5) is 0 Å². The fourth-order valence-corrected chi connectivity index (χ4v) is 4.16. The van der Waals surface area contributed by atoms with Crippen LogP contribution in [-0.4, -0.2) is 33.4 Å². The zero-order chi connectivity index (χ0) is 16.1. The van der Waals surface area contributed by atoms with Crippen LogP contribution in [0.1, 0.15) is 76.5 Å². The van der Waals surface area contributed by atoms with Gasteiger partial charge >= 0.3 is 0 Å². The monoisotopic (exact) mass is 317 g/mol. The summed E-state index contributed by atoms with van der Waals surface area (Å²) in [7, 11) is 0. The first-order valence-corrected chi connectivity index (χ1v) is 9.59. The van der Waals surface area contributed by atoms with E-state index in [1.165, 1.54) is 37.9 Å². The first kappa shape index (κ1) is 16.5. The highest BCUT2D eigenvalue weighted by atomic mass is 16.2. The predicted octanol–water partition coefficient (Wildman–Crippen LogP) is 3.97. The van der Waals surface area contributed by atoms with Crippen molar-refractivity contribution in [2.75, 3.05) is 13.1 Å². The summed E-state index contributed by atoms with van der Waals surface area (Å²) in [4.78, 5) is 19.4. The first-order chi connectivity index (χ1) is 11.3. The van der Waals surface area contributed by atoms with Gasteiger partial charge in [-0.05, 0) is 32.1 Å². The minimum absolute atomic E-state index is 0.312. The maximum atomic E-state index is 12.7. The topological polar surface area (TPSA) is 38.1 Å². The largest absolute Gasteiger partial charge is 0.342 e. The second-order valence-corrected chi connectivity index (χ2v) is 7.27. The van der Waals surface area contributed by atoms with Crippen molar-refractivity contribution in [3.8, 4) is 0 Å². The molecule has 1 amide bonds. The van der Waals surface area contributed by atoms with Crippen LogP contribution in [0.5, 0.6) is 0 Å². The van der Waals surface area contributed by atoms with Gasteiger partial charge in [0.1, 0.15) is 5.82 Å². The van der Waals surface area contributed by atoms with E-state index in [0.29, 0.717) is 17.7 Å².